The molecule has 8 heteroatoms. The van der Waals surface area contributed by atoms with Crippen molar-refractivity contribution >= 4 is 23.1 Å². The van der Waals surface area contributed by atoms with E-state index in [4.69, 9.17) is 16.2 Å². The third kappa shape index (κ3) is 4.09. The Morgan fingerprint density at radius 3 is 2.37 bits per heavy atom. The fourth-order valence-electron chi connectivity index (χ4n) is 1.31. The molecular weight excluding hydrogens is 281 g/mol. The van der Waals surface area contributed by atoms with Crippen LogP contribution in [-0.4, -0.2) is 23.7 Å². The summed E-state index contributed by atoms with van der Waals surface area (Å²) >= 11 is 4.35. The first-order valence-electron chi connectivity index (χ1n) is 5.11. The summed E-state index contributed by atoms with van der Waals surface area (Å²) in [5.74, 6) is -2.92. The van der Waals surface area contributed by atoms with E-state index < -0.39 is 29.6 Å². The van der Waals surface area contributed by atoms with E-state index in [0.29, 0.717) is 0 Å². The third-order valence-electron chi connectivity index (χ3n) is 2.30. The molecule has 1 amide bonds. The molecule has 0 aliphatic carbocycles. The summed E-state index contributed by atoms with van der Waals surface area (Å²) in [6.45, 7) is -0.802. The standard InChI is InChI=1S/C11H11F3N2O2S/c12-11(13,14)7(10(16)19)5-18-8-4-2-1-3-6(8)9(15)17/h1-4,7H,5H2,(H2,15,17)(H2,16,19). The van der Waals surface area contributed by atoms with Gasteiger partial charge in [-0.3, -0.25) is 4.79 Å². The van der Waals surface area contributed by atoms with Crippen LogP contribution in [0.15, 0.2) is 24.3 Å². The lowest BCUT2D eigenvalue weighted by molar-refractivity contribution is -0.161. The maximum Gasteiger partial charge on any atom is 0.401 e. The molecule has 1 aromatic carbocycles. The van der Waals surface area contributed by atoms with E-state index in [-0.39, 0.29) is 11.3 Å². The normalized spacial score (nSPS) is 12.8. The molecule has 0 fully saturated rings. The van der Waals surface area contributed by atoms with Gasteiger partial charge in [0.2, 0.25) is 0 Å². The Hall–Kier alpha value is -1.83. The highest BCUT2D eigenvalue weighted by molar-refractivity contribution is 7.80. The summed E-state index contributed by atoms with van der Waals surface area (Å²) in [7, 11) is 0. The number of thiocarbonyl (C=S) groups is 1. The minimum Gasteiger partial charge on any atom is -0.492 e. The zero-order valence-electron chi connectivity index (χ0n) is 9.61. The predicted octanol–water partition coefficient (Wildman–Crippen LogP) is 1.63. The highest BCUT2D eigenvalue weighted by atomic mass is 32.1. The van der Waals surface area contributed by atoms with Gasteiger partial charge in [0.15, 0.2) is 0 Å². The van der Waals surface area contributed by atoms with Crippen molar-refractivity contribution in [3.05, 3.63) is 29.8 Å². The lowest BCUT2D eigenvalue weighted by Crippen LogP contribution is -2.38. The van der Waals surface area contributed by atoms with Gasteiger partial charge in [-0.25, -0.2) is 0 Å². The summed E-state index contributed by atoms with van der Waals surface area (Å²) in [4.78, 5) is 10.3. The number of alkyl halides is 3. The molecule has 0 aromatic heterocycles. The van der Waals surface area contributed by atoms with Gasteiger partial charge in [-0.1, -0.05) is 24.4 Å². The number of nitrogens with two attached hydrogens (primary N) is 2. The van der Waals surface area contributed by atoms with Gasteiger partial charge >= 0.3 is 6.18 Å². The average molecular weight is 292 g/mol. The summed E-state index contributed by atoms with van der Waals surface area (Å²) in [5, 5.41) is 0. The summed E-state index contributed by atoms with van der Waals surface area (Å²) in [6, 6.07) is 5.71. The Balaban J connectivity index is 2.87. The molecule has 0 aliphatic rings. The van der Waals surface area contributed by atoms with Crippen molar-refractivity contribution in [1.82, 2.24) is 0 Å². The number of ether oxygens (including phenoxy) is 1. The van der Waals surface area contributed by atoms with Gasteiger partial charge < -0.3 is 16.2 Å². The molecule has 1 rings (SSSR count). The van der Waals surface area contributed by atoms with Crippen LogP contribution in [0.4, 0.5) is 13.2 Å². The minimum atomic E-state index is -4.60. The van der Waals surface area contributed by atoms with E-state index in [1.54, 1.807) is 0 Å². The van der Waals surface area contributed by atoms with Crippen LogP contribution in [0.3, 0.4) is 0 Å². The number of carbonyl (C=O) groups is 1. The smallest absolute Gasteiger partial charge is 0.401 e. The van der Waals surface area contributed by atoms with Gasteiger partial charge in [0, 0.05) is 0 Å². The molecule has 4 nitrogen and oxygen atoms in total. The molecule has 4 N–H and O–H groups in total. The Kier molecular flexibility index (Phi) is 4.71. The van der Waals surface area contributed by atoms with Gasteiger partial charge in [-0.2, -0.15) is 13.2 Å². The van der Waals surface area contributed by atoms with Crippen molar-refractivity contribution in [3.8, 4) is 5.75 Å². The largest absolute Gasteiger partial charge is 0.492 e. The monoisotopic (exact) mass is 292 g/mol. The molecule has 0 bridgehead atoms. The Morgan fingerprint density at radius 1 is 1.32 bits per heavy atom. The van der Waals surface area contributed by atoms with Gasteiger partial charge in [0.25, 0.3) is 5.91 Å². The van der Waals surface area contributed by atoms with Crippen LogP contribution in [0.1, 0.15) is 10.4 Å². The molecular formula is C11H11F3N2O2S. The van der Waals surface area contributed by atoms with Gasteiger partial charge in [0.1, 0.15) is 18.3 Å². The Morgan fingerprint density at radius 2 is 1.89 bits per heavy atom. The SMILES string of the molecule is NC(=O)c1ccccc1OCC(C(N)=S)C(F)(F)F. The molecule has 19 heavy (non-hydrogen) atoms. The zero-order valence-corrected chi connectivity index (χ0v) is 10.4. The van der Waals surface area contributed by atoms with Crippen LogP contribution in [-0.2, 0) is 0 Å². The van der Waals surface area contributed by atoms with E-state index in [1.165, 1.54) is 24.3 Å². The molecule has 1 atom stereocenters. The summed E-state index contributed by atoms with van der Waals surface area (Å²) in [6.07, 6.45) is -4.60. The van der Waals surface area contributed by atoms with Crippen LogP contribution in [0.5, 0.6) is 5.75 Å². The molecule has 0 spiro atoms. The van der Waals surface area contributed by atoms with Crippen molar-refractivity contribution in [2.75, 3.05) is 6.61 Å². The van der Waals surface area contributed by atoms with Crippen molar-refractivity contribution < 1.29 is 22.7 Å². The predicted molar refractivity (Wildman–Crippen MR) is 66.8 cm³/mol. The summed E-state index contributed by atoms with van der Waals surface area (Å²) in [5.41, 5.74) is 10.1. The number of para-hydroxylation sites is 1. The average Bonchev–Trinajstić information content (AvgIpc) is 2.27. The molecule has 1 unspecified atom stereocenters. The highest BCUT2D eigenvalue weighted by Crippen LogP contribution is 2.28. The maximum atomic E-state index is 12.6. The molecule has 0 heterocycles. The van der Waals surface area contributed by atoms with Gasteiger partial charge in [-0.05, 0) is 12.1 Å². The number of benzene rings is 1. The topological polar surface area (TPSA) is 78.3 Å². The fourth-order valence-corrected chi connectivity index (χ4v) is 1.51. The number of amides is 1. The second-order valence-electron chi connectivity index (χ2n) is 3.67. The Labute approximate surface area is 112 Å². The second-order valence-corrected chi connectivity index (χ2v) is 4.14. The van der Waals surface area contributed by atoms with Crippen molar-refractivity contribution in [2.24, 2.45) is 17.4 Å². The third-order valence-corrected chi connectivity index (χ3v) is 2.58. The van der Waals surface area contributed by atoms with Crippen LogP contribution < -0.4 is 16.2 Å². The molecule has 0 radical (unpaired) electrons. The van der Waals surface area contributed by atoms with Crippen LogP contribution >= 0.6 is 12.2 Å². The number of carbonyl (C=O) groups excluding carboxylic acids is 1. The minimum absolute atomic E-state index is 0.00800. The van der Waals surface area contributed by atoms with E-state index in [9.17, 15) is 18.0 Å². The molecule has 0 saturated heterocycles. The molecule has 1 aromatic rings. The second kappa shape index (κ2) is 5.87. The highest BCUT2D eigenvalue weighted by Gasteiger charge is 2.42. The Bertz CT molecular complexity index is 491. The van der Waals surface area contributed by atoms with Crippen molar-refractivity contribution in [3.63, 3.8) is 0 Å². The molecule has 104 valence electrons. The van der Waals surface area contributed by atoms with E-state index >= 15 is 0 Å². The number of hydrogen-bond acceptors (Lipinski definition) is 3. The fraction of sp³-hybridized carbons (Fsp3) is 0.273. The summed E-state index contributed by atoms with van der Waals surface area (Å²) < 4.78 is 42.7. The van der Waals surface area contributed by atoms with Crippen LogP contribution in [0, 0.1) is 5.92 Å². The van der Waals surface area contributed by atoms with Gasteiger partial charge in [0.05, 0.1) is 10.6 Å². The van der Waals surface area contributed by atoms with Crippen LogP contribution in [0.25, 0.3) is 0 Å². The van der Waals surface area contributed by atoms with E-state index in [1.807, 2.05) is 0 Å². The van der Waals surface area contributed by atoms with Crippen LogP contribution in [0.2, 0.25) is 0 Å². The maximum absolute atomic E-state index is 12.6. The lowest BCUT2D eigenvalue weighted by Gasteiger charge is -2.20. The first-order valence-corrected chi connectivity index (χ1v) is 5.52. The number of rotatable bonds is 5. The van der Waals surface area contributed by atoms with E-state index in [2.05, 4.69) is 12.2 Å². The first kappa shape index (κ1) is 15.2. The number of halogens is 3. The number of hydrogen-bond donors (Lipinski definition) is 2. The lowest BCUT2D eigenvalue weighted by atomic mass is 10.1. The van der Waals surface area contributed by atoms with E-state index in [0.717, 1.165) is 0 Å². The first-order chi connectivity index (χ1) is 8.73. The molecule has 0 aliphatic heterocycles. The quantitative estimate of drug-likeness (QED) is 0.809. The van der Waals surface area contributed by atoms with Gasteiger partial charge in [-0.15, -0.1) is 0 Å². The van der Waals surface area contributed by atoms with Crippen molar-refractivity contribution in [2.45, 2.75) is 6.18 Å². The number of primary amides is 1. The molecule has 0 saturated carbocycles. The zero-order chi connectivity index (χ0) is 14.6. The van der Waals surface area contributed by atoms with Crippen molar-refractivity contribution in [1.29, 1.82) is 0 Å².